The molecule has 0 saturated carbocycles. The molecule has 2 N–H and O–H groups in total. The molecule has 0 fully saturated rings. The average molecular weight is 456 g/mol. The number of carbonyl (C=O) groups excluding carboxylic acids is 1. The molecular weight excluding hydrogens is 439 g/mol. The molecule has 0 saturated heterocycles. The number of rotatable bonds is 7. The van der Waals surface area contributed by atoms with Crippen LogP contribution in [0.2, 0.25) is 5.02 Å². The highest BCUT2D eigenvalue weighted by Gasteiger charge is 2.37. The van der Waals surface area contributed by atoms with Gasteiger partial charge < -0.3 is 19.7 Å². The predicted octanol–water partition coefficient (Wildman–Crippen LogP) is 4.14. The van der Waals surface area contributed by atoms with Crippen LogP contribution in [0.4, 0.5) is 13.2 Å². The van der Waals surface area contributed by atoms with Gasteiger partial charge in [-0.25, -0.2) is 4.98 Å². The first-order valence-electron chi connectivity index (χ1n) is 8.99. The summed E-state index contributed by atoms with van der Waals surface area (Å²) < 4.78 is 48.5. The van der Waals surface area contributed by atoms with E-state index in [-0.39, 0.29) is 23.8 Å². The summed E-state index contributed by atoms with van der Waals surface area (Å²) in [4.78, 5) is 15.9. The number of nitrogens with one attached hydrogen (secondary N) is 1. The van der Waals surface area contributed by atoms with Gasteiger partial charge in [0.2, 0.25) is 5.88 Å². The lowest BCUT2D eigenvalue weighted by Crippen LogP contribution is -2.43. The Morgan fingerprint density at radius 2 is 1.97 bits per heavy atom. The minimum Gasteiger partial charge on any atom is -0.473 e. The topological polar surface area (TPSA) is 97.5 Å². The molecule has 31 heavy (non-hydrogen) atoms. The van der Waals surface area contributed by atoms with E-state index in [2.05, 4.69) is 10.1 Å². The molecule has 3 rings (SSSR count). The summed E-state index contributed by atoms with van der Waals surface area (Å²) in [5.74, 6) is -0.579. The molecule has 0 aliphatic carbocycles. The maximum absolute atomic E-state index is 12.6. The van der Waals surface area contributed by atoms with Gasteiger partial charge in [-0.3, -0.25) is 4.79 Å². The van der Waals surface area contributed by atoms with E-state index in [0.717, 1.165) is 13.1 Å². The van der Waals surface area contributed by atoms with Gasteiger partial charge in [0, 0.05) is 22.8 Å². The molecular formula is C20H17ClF3N3O4. The number of alkyl halides is 3. The highest BCUT2D eigenvalue weighted by molar-refractivity contribution is 6.30. The average Bonchev–Trinajstić information content (AvgIpc) is 3.15. The molecule has 7 nitrogen and oxygen atoms in total. The third kappa shape index (κ3) is 5.53. The lowest BCUT2D eigenvalue weighted by Gasteiger charge is -2.17. The van der Waals surface area contributed by atoms with E-state index in [1.807, 2.05) is 5.32 Å². The van der Waals surface area contributed by atoms with Crippen LogP contribution in [0.5, 0.6) is 5.88 Å². The maximum atomic E-state index is 12.6. The van der Waals surface area contributed by atoms with Crippen LogP contribution < -0.4 is 10.1 Å². The molecule has 1 aromatic carbocycles. The van der Waals surface area contributed by atoms with Crippen molar-refractivity contribution in [3.05, 3.63) is 64.5 Å². The van der Waals surface area contributed by atoms with Crippen LogP contribution in [0.1, 0.15) is 28.6 Å². The molecule has 2 heterocycles. The van der Waals surface area contributed by atoms with Gasteiger partial charge in [0.1, 0.15) is 24.9 Å². The van der Waals surface area contributed by atoms with Gasteiger partial charge in [-0.2, -0.15) is 13.2 Å². The first kappa shape index (κ1) is 22.6. The number of aromatic nitrogens is 2. The second kappa shape index (κ2) is 9.36. The second-order valence-corrected chi connectivity index (χ2v) is 6.94. The second-order valence-electron chi connectivity index (χ2n) is 6.51. The van der Waals surface area contributed by atoms with Crippen molar-refractivity contribution in [2.24, 2.45) is 0 Å². The SMILES string of the molecule is C[C@H](NC(=O)c1ccc(OCc2c(-c3ccc(Cl)cc3)noc2CO)nc1)C(F)(F)F. The Bertz CT molecular complexity index is 1040. The Labute approximate surface area is 179 Å². The van der Waals surface area contributed by atoms with Crippen molar-refractivity contribution in [2.75, 3.05) is 0 Å². The third-order valence-electron chi connectivity index (χ3n) is 4.33. The van der Waals surface area contributed by atoms with Gasteiger partial charge in [0.25, 0.3) is 5.91 Å². The fourth-order valence-electron chi connectivity index (χ4n) is 2.56. The van der Waals surface area contributed by atoms with Crippen molar-refractivity contribution in [3.63, 3.8) is 0 Å². The van der Waals surface area contributed by atoms with Crippen LogP contribution >= 0.6 is 11.6 Å². The summed E-state index contributed by atoms with van der Waals surface area (Å²) in [5.41, 5.74) is 1.60. The van der Waals surface area contributed by atoms with E-state index in [1.54, 1.807) is 24.3 Å². The molecule has 0 aliphatic heterocycles. The Kier molecular flexibility index (Phi) is 6.81. The normalized spacial score (nSPS) is 12.5. The van der Waals surface area contributed by atoms with Gasteiger partial charge in [-0.1, -0.05) is 28.9 Å². The quantitative estimate of drug-likeness (QED) is 0.555. The molecule has 0 radical (unpaired) electrons. The maximum Gasteiger partial charge on any atom is 0.408 e. The minimum absolute atomic E-state index is 0.0497. The number of hydrogen-bond donors (Lipinski definition) is 2. The minimum atomic E-state index is -4.54. The Morgan fingerprint density at radius 1 is 1.26 bits per heavy atom. The first-order valence-corrected chi connectivity index (χ1v) is 9.37. The molecule has 0 spiro atoms. The summed E-state index contributed by atoms with van der Waals surface area (Å²) in [6.45, 7) is 0.392. The van der Waals surface area contributed by atoms with Crippen molar-refractivity contribution in [2.45, 2.75) is 32.4 Å². The summed E-state index contributed by atoms with van der Waals surface area (Å²) in [7, 11) is 0. The lowest BCUT2D eigenvalue weighted by molar-refractivity contribution is -0.149. The van der Waals surface area contributed by atoms with Crippen LogP contribution in [0, 0.1) is 0 Å². The van der Waals surface area contributed by atoms with Crippen molar-refractivity contribution >= 4 is 17.5 Å². The van der Waals surface area contributed by atoms with Gasteiger partial charge in [-0.05, 0) is 25.1 Å². The van der Waals surface area contributed by atoms with E-state index < -0.39 is 24.7 Å². The van der Waals surface area contributed by atoms with Crippen molar-refractivity contribution in [3.8, 4) is 17.1 Å². The van der Waals surface area contributed by atoms with Crippen molar-refractivity contribution < 1.29 is 32.3 Å². The Hall–Kier alpha value is -3.11. The van der Waals surface area contributed by atoms with Crippen LogP contribution in [0.25, 0.3) is 11.3 Å². The molecule has 0 bridgehead atoms. The number of benzene rings is 1. The predicted molar refractivity (Wildman–Crippen MR) is 104 cm³/mol. The largest absolute Gasteiger partial charge is 0.473 e. The number of nitrogens with zero attached hydrogens (tertiary/aromatic N) is 2. The standard InChI is InChI=1S/C20H17ClF3N3O4/c1-11(20(22,23)24)26-19(29)13-4-7-17(25-8-13)30-10-15-16(9-28)31-27-18(15)12-2-5-14(21)6-3-12/h2-8,11,28H,9-10H2,1H3,(H,26,29)/t11-/m0/s1. The zero-order chi connectivity index (χ0) is 22.6. The molecule has 1 amide bonds. The highest BCUT2D eigenvalue weighted by atomic mass is 35.5. The monoisotopic (exact) mass is 455 g/mol. The summed E-state index contributed by atoms with van der Waals surface area (Å²) >= 11 is 5.90. The molecule has 11 heteroatoms. The number of carbonyl (C=O) groups is 1. The van der Waals surface area contributed by atoms with Crippen molar-refractivity contribution in [1.82, 2.24) is 15.5 Å². The van der Waals surface area contributed by atoms with Gasteiger partial charge in [0.15, 0.2) is 5.76 Å². The molecule has 1 atom stereocenters. The van der Waals surface area contributed by atoms with Crippen LogP contribution in [-0.2, 0) is 13.2 Å². The van der Waals surface area contributed by atoms with Gasteiger partial charge in [0.05, 0.1) is 11.1 Å². The Balaban J connectivity index is 1.70. The van der Waals surface area contributed by atoms with E-state index >= 15 is 0 Å². The molecule has 164 valence electrons. The fraction of sp³-hybridized carbons (Fsp3) is 0.250. The molecule has 3 aromatic rings. The van der Waals surface area contributed by atoms with E-state index in [4.69, 9.17) is 20.9 Å². The smallest absolute Gasteiger partial charge is 0.408 e. The Morgan fingerprint density at radius 3 is 2.55 bits per heavy atom. The summed E-state index contributed by atoms with van der Waals surface area (Å²) in [6.07, 6.45) is -3.44. The zero-order valence-corrected chi connectivity index (χ0v) is 16.9. The number of amides is 1. The summed E-state index contributed by atoms with van der Waals surface area (Å²) in [6, 6.07) is 7.48. The van der Waals surface area contributed by atoms with Gasteiger partial charge >= 0.3 is 6.18 Å². The van der Waals surface area contributed by atoms with Crippen LogP contribution in [0.3, 0.4) is 0 Å². The van der Waals surface area contributed by atoms with E-state index in [1.165, 1.54) is 12.1 Å². The van der Waals surface area contributed by atoms with E-state index in [9.17, 15) is 23.1 Å². The van der Waals surface area contributed by atoms with Gasteiger partial charge in [-0.15, -0.1) is 0 Å². The lowest BCUT2D eigenvalue weighted by atomic mass is 10.1. The van der Waals surface area contributed by atoms with Crippen LogP contribution in [-0.4, -0.2) is 33.4 Å². The van der Waals surface area contributed by atoms with Crippen LogP contribution in [0.15, 0.2) is 47.1 Å². The number of ether oxygens (including phenoxy) is 1. The number of hydrogen-bond acceptors (Lipinski definition) is 6. The number of halogens is 4. The molecule has 0 aliphatic rings. The first-order chi connectivity index (χ1) is 14.7. The fourth-order valence-corrected chi connectivity index (χ4v) is 2.68. The van der Waals surface area contributed by atoms with E-state index in [0.29, 0.717) is 21.8 Å². The van der Waals surface area contributed by atoms with Crippen molar-refractivity contribution in [1.29, 1.82) is 0 Å². The third-order valence-corrected chi connectivity index (χ3v) is 4.58. The number of aliphatic hydroxyl groups is 1. The number of pyridine rings is 1. The zero-order valence-electron chi connectivity index (χ0n) is 16.1. The molecule has 0 unspecified atom stereocenters. The number of aliphatic hydroxyl groups excluding tert-OH is 1. The summed E-state index contributed by atoms with van der Waals surface area (Å²) in [5, 5.41) is 15.9. The molecule has 2 aromatic heterocycles. The highest BCUT2D eigenvalue weighted by Crippen LogP contribution is 2.28.